The second kappa shape index (κ2) is 5.58. The van der Waals surface area contributed by atoms with Crippen LogP contribution in [0.15, 0.2) is 48.5 Å². The van der Waals surface area contributed by atoms with Crippen LogP contribution in [0.3, 0.4) is 0 Å². The Kier molecular flexibility index (Phi) is 3.62. The maximum atomic E-state index is 11.3. The number of carboxylic acid groups (broad SMARTS) is 1. The van der Waals surface area contributed by atoms with Crippen molar-refractivity contribution in [3.05, 3.63) is 59.7 Å². The lowest BCUT2D eigenvalue weighted by Gasteiger charge is -2.29. The van der Waals surface area contributed by atoms with Crippen LogP contribution in [0.2, 0.25) is 0 Å². The summed E-state index contributed by atoms with van der Waals surface area (Å²) in [6.07, 6.45) is -0.849. The molecule has 0 amide bonds. The third-order valence-electron chi connectivity index (χ3n) is 3.57. The van der Waals surface area contributed by atoms with Crippen LogP contribution in [0.4, 0.5) is 0 Å². The normalized spacial score (nSPS) is 14.7. The molecule has 1 unspecified atom stereocenters. The van der Waals surface area contributed by atoms with Crippen molar-refractivity contribution in [2.45, 2.75) is 25.6 Å². The summed E-state index contributed by atoms with van der Waals surface area (Å²) in [7, 11) is 0. The summed E-state index contributed by atoms with van der Waals surface area (Å²) in [6.45, 7) is 1.80. The highest BCUT2D eigenvalue weighted by atomic mass is 16.5. The molecule has 108 valence electrons. The van der Waals surface area contributed by atoms with Crippen molar-refractivity contribution in [3.63, 3.8) is 0 Å². The largest absolute Gasteiger partial charge is 0.479 e. The second-order valence-corrected chi connectivity index (χ2v) is 4.93. The van der Waals surface area contributed by atoms with E-state index < -0.39 is 18.2 Å². The van der Waals surface area contributed by atoms with Crippen LogP contribution < -0.4 is 4.74 Å². The first-order valence-corrected chi connectivity index (χ1v) is 6.94. The van der Waals surface area contributed by atoms with Crippen molar-refractivity contribution < 1.29 is 19.4 Å². The molecule has 0 saturated heterocycles. The van der Waals surface area contributed by atoms with Crippen molar-refractivity contribution in [1.82, 2.24) is 0 Å². The molecule has 1 atom stereocenters. The molecular formula is C17H16O4. The Morgan fingerprint density at radius 3 is 2.14 bits per heavy atom. The number of benzene rings is 2. The number of hydrogen-bond acceptors (Lipinski definition) is 3. The van der Waals surface area contributed by atoms with Gasteiger partial charge in [-0.1, -0.05) is 43.3 Å². The number of fused-ring (bicyclic) bond motifs is 2. The number of rotatable bonds is 4. The van der Waals surface area contributed by atoms with Gasteiger partial charge in [0.25, 0.3) is 0 Å². The van der Waals surface area contributed by atoms with E-state index in [4.69, 9.17) is 9.47 Å². The molecule has 3 rings (SSSR count). The number of carboxylic acids is 1. The predicted molar refractivity (Wildman–Crippen MR) is 77.6 cm³/mol. The van der Waals surface area contributed by atoms with Gasteiger partial charge in [-0.2, -0.15) is 0 Å². The van der Waals surface area contributed by atoms with E-state index in [-0.39, 0.29) is 0 Å². The average molecular weight is 284 g/mol. The van der Waals surface area contributed by atoms with Gasteiger partial charge in [-0.3, -0.25) is 0 Å². The minimum atomic E-state index is -0.945. The number of para-hydroxylation sites is 2. The van der Waals surface area contributed by atoms with Crippen LogP contribution in [0.25, 0.3) is 0 Å². The van der Waals surface area contributed by atoms with Gasteiger partial charge in [0.05, 0.1) is 0 Å². The molecule has 2 aromatic rings. The number of carbonyl (C=O) groups is 1. The average Bonchev–Trinajstić information content (AvgIpc) is 2.51. The first-order chi connectivity index (χ1) is 10.2. The van der Waals surface area contributed by atoms with Crippen LogP contribution in [-0.4, -0.2) is 17.2 Å². The predicted octanol–water partition coefficient (Wildman–Crippen LogP) is 3.76. The summed E-state index contributed by atoms with van der Waals surface area (Å²) in [5.41, 5.74) is 1.71. The van der Waals surface area contributed by atoms with Crippen molar-refractivity contribution >= 4 is 5.97 Å². The van der Waals surface area contributed by atoms with Gasteiger partial charge in [0, 0.05) is 11.1 Å². The molecule has 0 fully saturated rings. The minimum Gasteiger partial charge on any atom is -0.479 e. The van der Waals surface area contributed by atoms with Gasteiger partial charge in [0.2, 0.25) is 0 Å². The smallest absolute Gasteiger partial charge is 0.332 e. The molecule has 0 saturated carbocycles. The van der Waals surface area contributed by atoms with E-state index >= 15 is 0 Å². The lowest BCUT2D eigenvalue weighted by atomic mass is 9.96. The third-order valence-corrected chi connectivity index (χ3v) is 3.57. The summed E-state index contributed by atoms with van der Waals surface area (Å²) >= 11 is 0. The zero-order valence-corrected chi connectivity index (χ0v) is 11.7. The number of ether oxygens (including phenoxy) is 2. The number of hydrogen-bond donors (Lipinski definition) is 1. The van der Waals surface area contributed by atoms with E-state index in [0.29, 0.717) is 17.9 Å². The van der Waals surface area contributed by atoms with Gasteiger partial charge in [-0.15, -0.1) is 0 Å². The van der Waals surface area contributed by atoms with Crippen LogP contribution in [0.1, 0.15) is 30.6 Å². The molecule has 1 N–H and O–H groups in total. The molecule has 0 aliphatic carbocycles. The van der Waals surface area contributed by atoms with Gasteiger partial charge in [0.1, 0.15) is 17.6 Å². The van der Waals surface area contributed by atoms with E-state index in [9.17, 15) is 9.90 Å². The second-order valence-electron chi connectivity index (χ2n) is 4.93. The zero-order chi connectivity index (χ0) is 14.8. The van der Waals surface area contributed by atoms with E-state index in [2.05, 4.69) is 0 Å². The van der Waals surface area contributed by atoms with Gasteiger partial charge in [-0.05, 0) is 18.6 Å². The van der Waals surface area contributed by atoms with E-state index in [1.165, 1.54) is 0 Å². The van der Waals surface area contributed by atoms with E-state index in [0.717, 1.165) is 11.1 Å². The Hall–Kier alpha value is -2.33. The Morgan fingerprint density at radius 1 is 1.14 bits per heavy atom. The maximum Gasteiger partial charge on any atom is 0.332 e. The van der Waals surface area contributed by atoms with Crippen molar-refractivity contribution in [2.24, 2.45) is 0 Å². The molecule has 1 aliphatic heterocycles. The van der Waals surface area contributed by atoms with E-state index in [1.807, 2.05) is 48.5 Å². The molecular weight excluding hydrogens is 268 g/mol. The lowest BCUT2D eigenvalue weighted by molar-refractivity contribution is -0.153. The maximum absolute atomic E-state index is 11.3. The molecule has 4 nitrogen and oxygen atoms in total. The quantitative estimate of drug-likeness (QED) is 0.928. The van der Waals surface area contributed by atoms with Crippen LogP contribution in [-0.2, 0) is 9.53 Å². The summed E-state index contributed by atoms with van der Waals surface area (Å²) in [6, 6.07) is 15.1. The Balaban J connectivity index is 2.04. The van der Waals surface area contributed by atoms with Gasteiger partial charge in [-0.25, -0.2) is 4.79 Å². The lowest BCUT2D eigenvalue weighted by Crippen LogP contribution is -2.27. The standard InChI is InChI=1S/C17H16O4/c1-2-13(17(18)19)21-16-11-7-3-5-9-14(11)20-15-10-6-4-8-12(15)16/h3-10,13,16H,2H2,1H3,(H,18,19). The number of aliphatic carboxylic acids is 1. The highest BCUT2D eigenvalue weighted by Crippen LogP contribution is 2.44. The van der Waals surface area contributed by atoms with Gasteiger partial charge >= 0.3 is 5.97 Å². The first-order valence-electron chi connectivity index (χ1n) is 6.94. The monoisotopic (exact) mass is 284 g/mol. The summed E-state index contributed by atoms with van der Waals surface area (Å²) in [5, 5.41) is 9.24. The Morgan fingerprint density at radius 2 is 1.67 bits per heavy atom. The van der Waals surface area contributed by atoms with Gasteiger partial charge in [0.15, 0.2) is 6.10 Å². The summed E-state index contributed by atoms with van der Waals surface area (Å²) in [4.78, 5) is 11.3. The summed E-state index contributed by atoms with van der Waals surface area (Å²) < 4.78 is 11.7. The highest BCUT2D eigenvalue weighted by molar-refractivity contribution is 5.72. The Labute approximate surface area is 122 Å². The first kappa shape index (κ1) is 13.6. The SMILES string of the molecule is CCC(OC1c2ccccc2Oc2ccccc21)C(=O)O. The topological polar surface area (TPSA) is 55.8 Å². The Bertz CT molecular complexity index is 620. The fourth-order valence-electron chi connectivity index (χ4n) is 2.51. The molecule has 4 heteroatoms. The van der Waals surface area contributed by atoms with Crippen molar-refractivity contribution in [1.29, 1.82) is 0 Å². The molecule has 0 bridgehead atoms. The molecule has 1 heterocycles. The van der Waals surface area contributed by atoms with Crippen molar-refractivity contribution in [2.75, 3.05) is 0 Å². The van der Waals surface area contributed by atoms with Crippen molar-refractivity contribution in [3.8, 4) is 11.5 Å². The fraction of sp³-hybridized carbons (Fsp3) is 0.235. The minimum absolute atomic E-state index is 0.414. The molecule has 0 aromatic heterocycles. The molecule has 0 spiro atoms. The highest BCUT2D eigenvalue weighted by Gasteiger charge is 2.31. The third kappa shape index (κ3) is 2.50. The van der Waals surface area contributed by atoms with E-state index in [1.54, 1.807) is 6.92 Å². The molecule has 2 aromatic carbocycles. The van der Waals surface area contributed by atoms with Crippen LogP contribution in [0, 0.1) is 0 Å². The molecule has 1 aliphatic rings. The zero-order valence-electron chi connectivity index (χ0n) is 11.7. The fourth-order valence-corrected chi connectivity index (χ4v) is 2.51. The van der Waals surface area contributed by atoms with Crippen LogP contribution in [0.5, 0.6) is 11.5 Å². The molecule has 0 radical (unpaired) electrons. The summed E-state index contributed by atoms with van der Waals surface area (Å²) in [5.74, 6) is 0.474. The molecule has 21 heavy (non-hydrogen) atoms. The van der Waals surface area contributed by atoms with Gasteiger partial charge < -0.3 is 14.6 Å². The van der Waals surface area contributed by atoms with Crippen LogP contribution >= 0.6 is 0 Å².